The molecule has 0 spiro atoms. The third-order valence-corrected chi connectivity index (χ3v) is 0.827. The first-order chi connectivity index (χ1) is 5.02. The fourth-order valence-electron chi connectivity index (χ4n) is 0.517. The van der Waals surface area contributed by atoms with Gasteiger partial charge < -0.3 is 15.2 Å². The van der Waals surface area contributed by atoms with Crippen LogP contribution in [0.1, 0.15) is 13.8 Å². The van der Waals surface area contributed by atoms with Gasteiger partial charge in [0.05, 0.1) is 0 Å². The van der Waals surface area contributed by atoms with Crippen molar-refractivity contribution in [1.82, 2.24) is 0 Å². The predicted octanol–water partition coefficient (Wildman–Crippen LogP) is 0.0333. The highest BCUT2D eigenvalue weighted by Gasteiger charge is 2.06. The molecule has 1 amide bonds. The number of carbonyl (C=O) groups excluding carboxylic acids is 2. The zero-order chi connectivity index (χ0) is 8.85. The van der Waals surface area contributed by atoms with Gasteiger partial charge >= 0.3 is 12.1 Å². The summed E-state index contributed by atoms with van der Waals surface area (Å²) in [6.45, 7) is 2.88. The van der Waals surface area contributed by atoms with Crippen molar-refractivity contribution in [3.05, 3.63) is 0 Å². The van der Waals surface area contributed by atoms with E-state index in [1.54, 1.807) is 6.92 Å². The second-order valence-electron chi connectivity index (χ2n) is 2.05. The Kier molecular flexibility index (Phi) is 4.02. The number of amides is 1. The van der Waals surface area contributed by atoms with Crippen molar-refractivity contribution in [3.63, 3.8) is 0 Å². The maximum Gasteiger partial charge on any atom is 0.404 e. The molecule has 0 rings (SSSR count). The van der Waals surface area contributed by atoms with Crippen molar-refractivity contribution in [2.75, 3.05) is 6.61 Å². The Morgan fingerprint density at radius 3 is 2.45 bits per heavy atom. The Balaban J connectivity index is 3.44. The van der Waals surface area contributed by atoms with Gasteiger partial charge in [0.2, 0.25) is 0 Å². The molecule has 0 radical (unpaired) electrons. The van der Waals surface area contributed by atoms with Gasteiger partial charge in [-0.2, -0.15) is 0 Å². The van der Waals surface area contributed by atoms with E-state index < -0.39 is 18.2 Å². The molecule has 0 aromatic carbocycles. The minimum Gasteiger partial charge on any atom is -0.459 e. The normalized spacial score (nSPS) is 11.8. The maximum atomic E-state index is 10.3. The zero-order valence-electron chi connectivity index (χ0n) is 6.49. The van der Waals surface area contributed by atoms with Crippen molar-refractivity contribution in [1.29, 1.82) is 0 Å². The van der Waals surface area contributed by atoms with Gasteiger partial charge in [0.1, 0.15) is 12.7 Å². The minimum absolute atomic E-state index is 0.00505. The molecule has 0 fully saturated rings. The summed E-state index contributed by atoms with van der Waals surface area (Å²) < 4.78 is 9.00. The summed E-state index contributed by atoms with van der Waals surface area (Å²) >= 11 is 0. The van der Waals surface area contributed by atoms with Crippen LogP contribution in [0.15, 0.2) is 0 Å². The summed E-state index contributed by atoms with van der Waals surface area (Å²) in [4.78, 5) is 20.4. The molecule has 64 valence electrons. The highest BCUT2D eigenvalue weighted by molar-refractivity contribution is 5.66. The summed E-state index contributed by atoms with van der Waals surface area (Å²) in [5.74, 6) is -0.412. The SMILES string of the molecule is CC(=O)OC(C)COC(N)=O. The number of nitrogens with two attached hydrogens (primary N) is 1. The molecule has 0 saturated carbocycles. The number of carbonyl (C=O) groups is 2. The molecule has 2 N–H and O–H groups in total. The smallest absolute Gasteiger partial charge is 0.404 e. The van der Waals surface area contributed by atoms with Gasteiger partial charge in [0.25, 0.3) is 0 Å². The molecule has 0 heterocycles. The molecule has 0 aliphatic rings. The van der Waals surface area contributed by atoms with Crippen LogP contribution in [0, 0.1) is 0 Å². The average Bonchev–Trinajstić information content (AvgIpc) is 1.82. The van der Waals surface area contributed by atoms with Crippen molar-refractivity contribution < 1.29 is 19.1 Å². The van der Waals surface area contributed by atoms with Gasteiger partial charge in [-0.1, -0.05) is 0 Å². The van der Waals surface area contributed by atoms with Crippen LogP contribution in [-0.4, -0.2) is 24.8 Å². The second-order valence-corrected chi connectivity index (χ2v) is 2.05. The van der Waals surface area contributed by atoms with E-state index in [9.17, 15) is 9.59 Å². The lowest BCUT2D eigenvalue weighted by Gasteiger charge is -2.10. The Morgan fingerprint density at radius 1 is 1.55 bits per heavy atom. The molecule has 1 atom stereocenters. The van der Waals surface area contributed by atoms with E-state index in [0.29, 0.717) is 0 Å². The lowest BCUT2D eigenvalue weighted by Crippen LogP contribution is -2.23. The Morgan fingerprint density at radius 2 is 2.09 bits per heavy atom. The summed E-state index contributed by atoms with van der Waals surface area (Å²) in [6.07, 6.45) is -1.32. The summed E-state index contributed by atoms with van der Waals surface area (Å²) in [5, 5.41) is 0. The Hall–Kier alpha value is -1.26. The number of rotatable bonds is 3. The number of ether oxygens (including phenoxy) is 2. The standard InChI is InChI=1S/C6H11NO4/c1-4(11-5(2)8)3-10-6(7)9/h4H,3H2,1-2H3,(H2,7,9). The summed E-state index contributed by atoms with van der Waals surface area (Å²) in [5.41, 5.74) is 4.67. The molecular weight excluding hydrogens is 150 g/mol. The van der Waals surface area contributed by atoms with E-state index in [1.807, 2.05) is 0 Å². The number of esters is 1. The monoisotopic (exact) mass is 161 g/mol. The third kappa shape index (κ3) is 6.63. The van der Waals surface area contributed by atoms with Crippen molar-refractivity contribution in [2.24, 2.45) is 5.73 Å². The van der Waals surface area contributed by atoms with Gasteiger partial charge in [-0.3, -0.25) is 4.79 Å². The lowest BCUT2D eigenvalue weighted by molar-refractivity contribution is -0.147. The van der Waals surface area contributed by atoms with E-state index in [-0.39, 0.29) is 6.61 Å². The largest absolute Gasteiger partial charge is 0.459 e. The first-order valence-corrected chi connectivity index (χ1v) is 3.12. The second kappa shape index (κ2) is 4.54. The van der Waals surface area contributed by atoms with Crippen LogP contribution in [0.25, 0.3) is 0 Å². The third-order valence-electron chi connectivity index (χ3n) is 0.827. The number of hydrogen-bond acceptors (Lipinski definition) is 4. The van der Waals surface area contributed by atoms with Crippen molar-refractivity contribution in [2.45, 2.75) is 20.0 Å². The van der Waals surface area contributed by atoms with Gasteiger partial charge in [-0.15, -0.1) is 0 Å². The van der Waals surface area contributed by atoms with Crippen LogP contribution >= 0.6 is 0 Å². The van der Waals surface area contributed by atoms with Crippen LogP contribution in [0.5, 0.6) is 0 Å². The quantitative estimate of drug-likeness (QED) is 0.592. The molecule has 1 unspecified atom stereocenters. The van der Waals surface area contributed by atoms with Crippen molar-refractivity contribution >= 4 is 12.1 Å². The number of hydrogen-bond donors (Lipinski definition) is 1. The highest BCUT2D eigenvalue weighted by atomic mass is 16.6. The van der Waals surface area contributed by atoms with Gasteiger partial charge in [0, 0.05) is 6.92 Å². The topological polar surface area (TPSA) is 78.6 Å². The summed E-state index contributed by atoms with van der Waals surface area (Å²) in [7, 11) is 0. The van der Waals surface area contributed by atoms with E-state index in [0.717, 1.165) is 0 Å². The van der Waals surface area contributed by atoms with Gasteiger partial charge in [-0.25, -0.2) is 4.79 Å². The van der Waals surface area contributed by atoms with E-state index in [2.05, 4.69) is 15.2 Å². The van der Waals surface area contributed by atoms with Crippen LogP contribution < -0.4 is 5.73 Å². The van der Waals surface area contributed by atoms with Gasteiger partial charge in [0.15, 0.2) is 0 Å². The zero-order valence-corrected chi connectivity index (χ0v) is 6.49. The fraction of sp³-hybridized carbons (Fsp3) is 0.667. The Labute approximate surface area is 64.5 Å². The van der Waals surface area contributed by atoms with Gasteiger partial charge in [-0.05, 0) is 6.92 Å². The molecule has 11 heavy (non-hydrogen) atoms. The van der Waals surface area contributed by atoms with Crippen molar-refractivity contribution in [3.8, 4) is 0 Å². The molecule has 0 saturated heterocycles. The van der Waals surface area contributed by atoms with Crippen LogP contribution in [0.3, 0.4) is 0 Å². The molecular formula is C6H11NO4. The molecule has 0 aliphatic carbocycles. The maximum absolute atomic E-state index is 10.3. The first-order valence-electron chi connectivity index (χ1n) is 3.12. The number of primary amides is 1. The molecule has 0 bridgehead atoms. The van der Waals surface area contributed by atoms with E-state index >= 15 is 0 Å². The van der Waals surface area contributed by atoms with E-state index in [1.165, 1.54) is 6.92 Å². The molecule has 5 heteroatoms. The van der Waals surface area contributed by atoms with Crippen LogP contribution in [0.4, 0.5) is 4.79 Å². The first kappa shape index (κ1) is 9.74. The summed E-state index contributed by atoms with van der Waals surface area (Å²) in [6, 6.07) is 0. The average molecular weight is 161 g/mol. The predicted molar refractivity (Wildman–Crippen MR) is 36.8 cm³/mol. The molecule has 0 aliphatic heterocycles. The highest BCUT2D eigenvalue weighted by Crippen LogP contribution is 1.91. The minimum atomic E-state index is -0.871. The molecule has 0 aromatic rings. The van der Waals surface area contributed by atoms with E-state index in [4.69, 9.17) is 0 Å². The Bertz CT molecular complexity index is 157. The lowest BCUT2D eigenvalue weighted by atomic mass is 10.4. The fourth-order valence-corrected chi connectivity index (χ4v) is 0.517. The molecule has 5 nitrogen and oxygen atoms in total. The molecule has 0 aromatic heterocycles. The van der Waals surface area contributed by atoms with Crippen LogP contribution in [0.2, 0.25) is 0 Å². The van der Waals surface area contributed by atoms with Crippen LogP contribution in [-0.2, 0) is 14.3 Å².